The van der Waals surface area contributed by atoms with Gasteiger partial charge in [-0.2, -0.15) is 0 Å². The summed E-state index contributed by atoms with van der Waals surface area (Å²) < 4.78 is 5.32. The molecule has 19 heavy (non-hydrogen) atoms. The average molecular weight is 262 g/mol. The molecule has 0 spiro atoms. The molecule has 1 saturated carbocycles. The smallest absolute Gasteiger partial charge is 0.227 e. The molecule has 4 nitrogen and oxygen atoms in total. The van der Waals surface area contributed by atoms with Gasteiger partial charge in [-0.15, -0.1) is 0 Å². The van der Waals surface area contributed by atoms with Gasteiger partial charge in [-0.1, -0.05) is 17.7 Å². The molecule has 1 aliphatic carbocycles. The summed E-state index contributed by atoms with van der Waals surface area (Å²) in [5, 5.41) is 6.13. The molecule has 0 radical (unpaired) electrons. The molecular formula is C15H22N2O2. The van der Waals surface area contributed by atoms with Crippen LogP contribution in [-0.4, -0.2) is 26.6 Å². The van der Waals surface area contributed by atoms with E-state index in [0.717, 1.165) is 30.7 Å². The Hall–Kier alpha value is -1.55. The van der Waals surface area contributed by atoms with E-state index in [4.69, 9.17) is 4.74 Å². The standard InChI is InChI=1S/C15H22N2O2/c1-11-4-5-13(19-3)12(8-11)9-17-14(18)15(6-7-15)10-16-2/h4-5,8,16H,6-7,9-10H2,1-3H3,(H,17,18). The van der Waals surface area contributed by atoms with Gasteiger partial charge in [0.05, 0.1) is 12.5 Å². The number of methoxy groups -OCH3 is 1. The molecule has 0 saturated heterocycles. The van der Waals surface area contributed by atoms with Crippen LogP contribution in [0.3, 0.4) is 0 Å². The second-order valence-electron chi connectivity index (χ2n) is 5.31. The summed E-state index contributed by atoms with van der Waals surface area (Å²) in [6.07, 6.45) is 1.95. The number of amides is 1. The van der Waals surface area contributed by atoms with E-state index >= 15 is 0 Å². The fourth-order valence-corrected chi connectivity index (χ4v) is 2.38. The van der Waals surface area contributed by atoms with E-state index in [2.05, 4.69) is 16.7 Å². The Morgan fingerprint density at radius 1 is 1.42 bits per heavy atom. The molecule has 1 aromatic rings. The van der Waals surface area contributed by atoms with Gasteiger partial charge in [0.15, 0.2) is 0 Å². The average Bonchev–Trinajstić information content (AvgIpc) is 3.17. The minimum absolute atomic E-state index is 0.144. The predicted molar refractivity (Wildman–Crippen MR) is 75.2 cm³/mol. The van der Waals surface area contributed by atoms with E-state index in [1.807, 2.05) is 26.1 Å². The van der Waals surface area contributed by atoms with Crippen molar-refractivity contribution in [2.24, 2.45) is 5.41 Å². The van der Waals surface area contributed by atoms with E-state index in [9.17, 15) is 4.79 Å². The first-order valence-corrected chi connectivity index (χ1v) is 6.68. The van der Waals surface area contributed by atoms with Crippen molar-refractivity contribution in [2.45, 2.75) is 26.3 Å². The highest BCUT2D eigenvalue weighted by Gasteiger charge is 2.48. The third-order valence-electron chi connectivity index (χ3n) is 3.73. The third kappa shape index (κ3) is 3.07. The minimum Gasteiger partial charge on any atom is -0.496 e. The van der Waals surface area contributed by atoms with Gasteiger partial charge in [0.1, 0.15) is 5.75 Å². The van der Waals surface area contributed by atoms with Crippen molar-refractivity contribution in [3.05, 3.63) is 29.3 Å². The lowest BCUT2D eigenvalue weighted by molar-refractivity contribution is -0.126. The van der Waals surface area contributed by atoms with Gasteiger partial charge in [0.25, 0.3) is 0 Å². The van der Waals surface area contributed by atoms with Gasteiger partial charge < -0.3 is 15.4 Å². The number of aryl methyl sites for hydroxylation is 1. The van der Waals surface area contributed by atoms with E-state index < -0.39 is 0 Å². The molecule has 104 valence electrons. The number of ether oxygens (including phenoxy) is 1. The molecule has 0 heterocycles. The van der Waals surface area contributed by atoms with E-state index in [1.165, 1.54) is 5.56 Å². The van der Waals surface area contributed by atoms with Crippen molar-refractivity contribution in [1.29, 1.82) is 0 Å². The summed E-state index contributed by atoms with van der Waals surface area (Å²) in [4.78, 5) is 12.2. The molecule has 2 N–H and O–H groups in total. The molecule has 0 bridgehead atoms. The summed E-state index contributed by atoms with van der Waals surface area (Å²) >= 11 is 0. The highest BCUT2D eigenvalue weighted by Crippen LogP contribution is 2.45. The Labute approximate surface area is 114 Å². The maximum Gasteiger partial charge on any atom is 0.227 e. The topological polar surface area (TPSA) is 50.4 Å². The second kappa shape index (κ2) is 5.61. The van der Waals surface area contributed by atoms with E-state index in [-0.39, 0.29) is 11.3 Å². The van der Waals surface area contributed by atoms with Crippen LogP contribution in [0.5, 0.6) is 5.75 Å². The molecule has 2 rings (SSSR count). The normalized spacial score (nSPS) is 15.9. The Morgan fingerprint density at radius 3 is 2.74 bits per heavy atom. The fourth-order valence-electron chi connectivity index (χ4n) is 2.38. The van der Waals surface area contributed by atoms with E-state index in [0.29, 0.717) is 6.54 Å². The lowest BCUT2D eigenvalue weighted by Gasteiger charge is -2.16. The molecule has 0 atom stereocenters. The molecule has 0 aliphatic heterocycles. The Bertz CT molecular complexity index is 467. The summed E-state index contributed by atoms with van der Waals surface area (Å²) in [6, 6.07) is 6.00. The maximum atomic E-state index is 12.2. The van der Waals surface area contributed by atoms with Gasteiger partial charge in [0, 0.05) is 18.7 Å². The van der Waals surface area contributed by atoms with Crippen molar-refractivity contribution in [3.8, 4) is 5.75 Å². The van der Waals surface area contributed by atoms with Gasteiger partial charge in [-0.25, -0.2) is 0 Å². The van der Waals surface area contributed by atoms with Crippen LogP contribution in [0, 0.1) is 12.3 Å². The zero-order valence-electron chi connectivity index (χ0n) is 11.9. The summed E-state index contributed by atoms with van der Waals surface area (Å²) in [6.45, 7) is 3.31. The fraction of sp³-hybridized carbons (Fsp3) is 0.533. The predicted octanol–water partition coefficient (Wildman–Crippen LogP) is 1.62. The van der Waals surface area contributed by atoms with Gasteiger partial charge >= 0.3 is 0 Å². The monoisotopic (exact) mass is 262 g/mol. The zero-order chi connectivity index (χ0) is 13.9. The van der Waals surface area contributed by atoms with Crippen molar-refractivity contribution in [3.63, 3.8) is 0 Å². The van der Waals surface area contributed by atoms with Crippen LogP contribution in [0.4, 0.5) is 0 Å². The molecule has 4 heteroatoms. The minimum atomic E-state index is -0.175. The summed E-state index contributed by atoms with van der Waals surface area (Å²) in [7, 11) is 3.54. The SMILES string of the molecule is CNCC1(C(=O)NCc2cc(C)ccc2OC)CC1. The highest BCUT2D eigenvalue weighted by atomic mass is 16.5. The number of carbonyl (C=O) groups is 1. The largest absolute Gasteiger partial charge is 0.496 e. The Morgan fingerprint density at radius 2 is 2.16 bits per heavy atom. The molecule has 1 amide bonds. The van der Waals surface area contributed by atoms with Gasteiger partial charge in [-0.05, 0) is 32.9 Å². The van der Waals surface area contributed by atoms with Crippen molar-refractivity contribution >= 4 is 5.91 Å². The number of rotatable bonds is 6. The molecule has 0 unspecified atom stereocenters. The first-order valence-electron chi connectivity index (χ1n) is 6.68. The molecule has 0 aromatic heterocycles. The lowest BCUT2D eigenvalue weighted by atomic mass is 10.1. The van der Waals surface area contributed by atoms with Crippen LogP contribution < -0.4 is 15.4 Å². The molecule has 1 fully saturated rings. The molecule has 1 aromatic carbocycles. The van der Waals surface area contributed by atoms with Gasteiger partial charge in [0.2, 0.25) is 5.91 Å². The van der Waals surface area contributed by atoms with Crippen LogP contribution in [0.15, 0.2) is 18.2 Å². The third-order valence-corrected chi connectivity index (χ3v) is 3.73. The number of carbonyl (C=O) groups excluding carboxylic acids is 1. The quantitative estimate of drug-likeness (QED) is 0.819. The van der Waals surface area contributed by atoms with E-state index in [1.54, 1.807) is 7.11 Å². The number of benzene rings is 1. The summed E-state index contributed by atoms with van der Waals surface area (Å²) in [5.41, 5.74) is 2.02. The molecule has 1 aliphatic rings. The number of hydrogen-bond acceptors (Lipinski definition) is 3. The van der Waals surface area contributed by atoms with Crippen molar-refractivity contribution < 1.29 is 9.53 Å². The Kier molecular flexibility index (Phi) is 4.10. The van der Waals surface area contributed by atoms with Crippen LogP contribution in [-0.2, 0) is 11.3 Å². The number of nitrogens with one attached hydrogen (secondary N) is 2. The van der Waals surface area contributed by atoms with Gasteiger partial charge in [-0.3, -0.25) is 4.79 Å². The number of hydrogen-bond donors (Lipinski definition) is 2. The van der Waals surface area contributed by atoms with Crippen LogP contribution in [0.2, 0.25) is 0 Å². The maximum absolute atomic E-state index is 12.2. The van der Waals surface area contributed by atoms with Crippen molar-refractivity contribution in [2.75, 3.05) is 20.7 Å². The second-order valence-corrected chi connectivity index (χ2v) is 5.31. The Balaban J connectivity index is 1.99. The highest BCUT2D eigenvalue weighted by molar-refractivity contribution is 5.85. The first-order chi connectivity index (χ1) is 9.11. The van der Waals surface area contributed by atoms with Crippen molar-refractivity contribution in [1.82, 2.24) is 10.6 Å². The van der Waals surface area contributed by atoms with Crippen LogP contribution in [0.25, 0.3) is 0 Å². The molecular weight excluding hydrogens is 240 g/mol. The van der Waals surface area contributed by atoms with Crippen LogP contribution in [0.1, 0.15) is 24.0 Å². The summed E-state index contributed by atoms with van der Waals surface area (Å²) in [5.74, 6) is 0.967. The van der Waals surface area contributed by atoms with Crippen LogP contribution >= 0.6 is 0 Å². The zero-order valence-corrected chi connectivity index (χ0v) is 11.9. The lowest BCUT2D eigenvalue weighted by Crippen LogP contribution is -2.37. The first kappa shape index (κ1) is 13.9.